The molecule has 0 spiro atoms. The Morgan fingerprint density at radius 1 is 0.970 bits per heavy atom. The van der Waals surface area contributed by atoms with Gasteiger partial charge in [-0.1, -0.05) is 36.4 Å². The van der Waals surface area contributed by atoms with Crippen LogP contribution in [0.25, 0.3) is 33.3 Å². The molecule has 3 heterocycles. The molecule has 6 heteroatoms. The Kier molecular flexibility index (Phi) is 5.83. The molecule has 0 radical (unpaired) electrons. The largest absolute Gasteiger partial charge is 0.490 e. The Morgan fingerprint density at radius 3 is 2.61 bits per heavy atom. The fraction of sp³-hybridized carbons (Fsp3) is 0.148. The summed E-state index contributed by atoms with van der Waals surface area (Å²) in [5.41, 5.74) is 13.4. The number of H-pyrrole nitrogens is 1. The first-order valence-electron chi connectivity index (χ1n) is 11.0. The fourth-order valence-corrected chi connectivity index (χ4v) is 3.98. The first kappa shape index (κ1) is 20.8. The Bertz CT molecular complexity index is 1370. The number of rotatable bonds is 7. The van der Waals surface area contributed by atoms with Gasteiger partial charge >= 0.3 is 0 Å². The molecular formula is C27H25N5O. The number of aryl methyl sites for hydroxylation is 1. The van der Waals surface area contributed by atoms with E-state index >= 15 is 0 Å². The van der Waals surface area contributed by atoms with Crippen LogP contribution >= 0.6 is 0 Å². The molecule has 1 atom stereocenters. The molecular weight excluding hydrogens is 410 g/mol. The summed E-state index contributed by atoms with van der Waals surface area (Å²) in [5, 5.41) is 8.48. The van der Waals surface area contributed by atoms with E-state index in [0.717, 1.165) is 45.4 Å². The number of nitrogens with two attached hydrogens (primary N) is 1. The third-order valence-electron chi connectivity index (χ3n) is 5.69. The molecule has 3 N–H and O–H groups in total. The van der Waals surface area contributed by atoms with Crippen molar-refractivity contribution in [1.29, 1.82) is 0 Å². The second kappa shape index (κ2) is 9.22. The van der Waals surface area contributed by atoms with E-state index in [2.05, 4.69) is 39.4 Å². The highest BCUT2D eigenvalue weighted by molar-refractivity contribution is 5.90. The van der Waals surface area contributed by atoms with Crippen molar-refractivity contribution in [1.82, 2.24) is 20.2 Å². The van der Waals surface area contributed by atoms with E-state index in [0.29, 0.717) is 12.4 Å². The maximum atomic E-state index is 6.33. The maximum Gasteiger partial charge on any atom is 0.138 e. The van der Waals surface area contributed by atoms with Gasteiger partial charge in [-0.2, -0.15) is 5.10 Å². The zero-order chi connectivity index (χ0) is 22.6. The Labute approximate surface area is 192 Å². The number of fused-ring (bicyclic) bond motifs is 1. The van der Waals surface area contributed by atoms with Crippen LogP contribution in [-0.2, 0) is 6.42 Å². The quantitative estimate of drug-likeness (QED) is 0.378. The number of benzene rings is 2. The van der Waals surface area contributed by atoms with Crippen LogP contribution in [0.4, 0.5) is 0 Å². The second-order valence-corrected chi connectivity index (χ2v) is 8.13. The van der Waals surface area contributed by atoms with E-state index in [9.17, 15) is 0 Å². The van der Waals surface area contributed by atoms with Crippen molar-refractivity contribution in [3.05, 3.63) is 96.6 Å². The average Bonchev–Trinajstić information content (AvgIpc) is 3.24. The minimum absolute atomic E-state index is 0.111. The van der Waals surface area contributed by atoms with Gasteiger partial charge < -0.3 is 10.5 Å². The number of hydrogen-bond acceptors (Lipinski definition) is 5. The van der Waals surface area contributed by atoms with Gasteiger partial charge in [0.05, 0.1) is 23.1 Å². The molecule has 164 valence electrons. The summed E-state index contributed by atoms with van der Waals surface area (Å²) in [7, 11) is 0. The molecule has 0 saturated heterocycles. The highest BCUT2D eigenvalue weighted by Crippen LogP contribution is 2.34. The average molecular weight is 436 g/mol. The van der Waals surface area contributed by atoms with Crippen LogP contribution in [0.2, 0.25) is 0 Å². The third-order valence-corrected chi connectivity index (χ3v) is 5.69. The molecule has 0 unspecified atom stereocenters. The molecule has 0 amide bonds. The third kappa shape index (κ3) is 4.61. The summed E-state index contributed by atoms with van der Waals surface area (Å²) in [6.07, 6.45) is 6.07. The van der Waals surface area contributed by atoms with Gasteiger partial charge in [0, 0.05) is 34.9 Å². The summed E-state index contributed by atoms with van der Waals surface area (Å²) in [6, 6.07) is 22.3. The number of pyridine rings is 2. The molecule has 3 aromatic heterocycles. The number of aromatic amines is 1. The normalized spacial score (nSPS) is 12.1. The summed E-state index contributed by atoms with van der Waals surface area (Å²) in [4.78, 5) is 8.90. The zero-order valence-corrected chi connectivity index (χ0v) is 18.4. The Morgan fingerprint density at radius 2 is 1.79 bits per heavy atom. The van der Waals surface area contributed by atoms with E-state index in [1.54, 1.807) is 18.6 Å². The van der Waals surface area contributed by atoms with E-state index in [1.807, 2.05) is 49.4 Å². The predicted molar refractivity (Wildman–Crippen MR) is 131 cm³/mol. The van der Waals surface area contributed by atoms with Crippen molar-refractivity contribution < 1.29 is 4.74 Å². The number of hydrogen-bond donors (Lipinski definition) is 2. The van der Waals surface area contributed by atoms with Gasteiger partial charge in [-0.15, -0.1) is 0 Å². The Balaban J connectivity index is 1.46. The predicted octanol–water partition coefficient (Wildman–Crippen LogP) is 4.94. The smallest absolute Gasteiger partial charge is 0.138 e. The van der Waals surface area contributed by atoms with Gasteiger partial charge in [-0.3, -0.25) is 15.1 Å². The monoisotopic (exact) mass is 435 g/mol. The van der Waals surface area contributed by atoms with Gasteiger partial charge in [0.25, 0.3) is 0 Å². The molecule has 0 fully saturated rings. The number of nitrogens with zero attached hydrogens (tertiary/aromatic N) is 3. The van der Waals surface area contributed by atoms with Gasteiger partial charge in [0.15, 0.2) is 0 Å². The molecule has 5 aromatic rings. The van der Waals surface area contributed by atoms with Crippen molar-refractivity contribution in [2.45, 2.75) is 19.4 Å². The SMILES string of the molecule is Cc1n[nH]c2ccc(-c3cc(OC[C@@H](N)Cc4ccccc4)cnc3-c3ccncc3)cc12. The van der Waals surface area contributed by atoms with Crippen LogP contribution < -0.4 is 10.5 Å². The van der Waals surface area contributed by atoms with Crippen molar-refractivity contribution in [3.8, 4) is 28.1 Å². The highest BCUT2D eigenvalue weighted by Gasteiger charge is 2.14. The van der Waals surface area contributed by atoms with Gasteiger partial charge in [-0.25, -0.2) is 0 Å². The lowest BCUT2D eigenvalue weighted by Gasteiger charge is -2.16. The lowest BCUT2D eigenvalue weighted by Crippen LogP contribution is -2.30. The molecule has 0 aliphatic carbocycles. The molecule has 0 bridgehead atoms. The van der Waals surface area contributed by atoms with Crippen LogP contribution in [0, 0.1) is 6.92 Å². The van der Waals surface area contributed by atoms with Gasteiger partial charge in [0.1, 0.15) is 12.4 Å². The summed E-state index contributed by atoms with van der Waals surface area (Å²) < 4.78 is 6.07. The number of aromatic nitrogens is 4. The van der Waals surface area contributed by atoms with Crippen molar-refractivity contribution in [2.24, 2.45) is 5.73 Å². The van der Waals surface area contributed by atoms with E-state index in [1.165, 1.54) is 5.56 Å². The summed E-state index contributed by atoms with van der Waals surface area (Å²) in [6.45, 7) is 2.41. The standard InChI is InChI=1S/C27H25N5O/c1-18-24-14-21(7-8-26(24)32-31-18)25-15-23(16-30-27(25)20-9-11-29-12-10-20)33-17-22(28)13-19-5-3-2-4-6-19/h2-12,14-16,22H,13,17,28H2,1H3,(H,31,32)/t22-/m0/s1. The molecule has 6 nitrogen and oxygen atoms in total. The van der Waals surface area contributed by atoms with Crippen LogP contribution in [0.3, 0.4) is 0 Å². The zero-order valence-electron chi connectivity index (χ0n) is 18.4. The first-order chi connectivity index (χ1) is 16.2. The molecule has 0 aliphatic rings. The minimum Gasteiger partial charge on any atom is -0.490 e. The van der Waals surface area contributed by atoms with Crippen LogP contribution in [0.15, 0.2) is 85.3 Å². The fourth-order valence-electron chi connectivity index (χ4n) is 3.98. The van der Waals surface area contributed by atoms with Crippen molar-refractivity contribution in [3.63, 3.8) is 0 Å². The maximum absolute atomic E-state index is 6.33. The second-order valence-electron chi connectivity index (χ2n) is 8.13. The van der Waals surface area contributed by atoms with Crippen LogP contribution in [-0.4, -0.2) is 32.8 Å². The van der Waals surface area contributed by atoms with Crippen molar-refractivity contribution >= 4 is 10.9 Å². The molecule has 33 heavy (non-hydrogen) atoms. The minimum atomic E-state index is -0.111. The lowest BCUT2D eigenvalue weighted by molar-refractivity contribution is 0.287. The topological polar surface area (TPSA) is 89.7 Å². The van der Waals surface area contributed by atoms with Gasteiger partial charge in [-0.05, 0) is 54.8 Å². The van der Waals surface area contributed by atoms with Crippen LogP contribution in [0.5, 0.6) is 5.75 Å². The molecule has 5 rings (SSSR count). The number of nitrogens with one attached hydrogen (secondary N) is 1. The van der Waals surface area contributed by atoms with E-state index < -0.39 is 0 Å². The van der Waals surface area contributed by atoms with Crippen molar-refractivity contribution in [2.75, 3.05) is 6.61 Å². The summed E-state index contributed by atoms with van der Waals surface area (Å²) >= 11 is 0. The number of ether oxygens (including phenoxy) is 1. The molecule has 0 saturated carbocycles. The lowest BCUT2D eigenvalue weighted by atomic mass is 9.98. The Hall–Kier alpha value is -4.03. The summed E-state index contributed by atoms with van der Waals surface area (Å²) in [5.74, 6) is 0.690. The highest BCUT2D eigenvalue weighted by atomic mass is 16.5. The van der Waals surface area contributed by atoms with E-state index in [4.69, 9.17) is 15.5 Å². The van der Waals surface area contributed by atoms with Crippen LogP contribution in [0.1, 0.15) is 11.3 Å². The molecule has 0 aliphatic heterocycles. The first-order valence-corrected chi connectivity index (χ1v) is 11.0. The molecule has 2 aromatic carbocycles. The van der Waals surface area contributed by atoms with Gasteiger partial charge in [0.2, 0.25) is 0 Å². The van der Waals surface area contributed by atoms with E-state index in [-0.39, 0.29) is 6.04 Å².